The van der Waals surface area contributed by atoms with Gasteiger partial charge in [0.15, 0.2) is 0 Å². The third-order valence-corrected chi connectivity index (χ3v) is 1.17. The zero-order valence-corrected chi connectivity index (χ0v) is 5.09. The van der Waals surface area contributed by atoms with E-state index in [-0.39, 0.29) is 0 Å². The van der Waals surface area contributed by atoms with Crippen molar-refractivity contribution in [1.29, 1.82) is 0 Å². The summed E-state index contributed by atoms with van der Waals surface area (Å²) < 4.78 is 0. The Labute approximate surface area is 53.2 Å². The van der Waals surface area contributed by atoms with Gasteiger partial charge in [-0.15, -0.1) is 0 Å². The topological polar surface area (TPSA) is 80.7 Å². The molecule has 0 bridgehead atoms. The zero-order valence-electron chi connectivity index (χ0n) is 5.09. The van der Waals surface area contributed by atoms with Gasteiger partial charge in [0.05, 0.1) is 6.20 Å². The van der Waals surface area contributed by atoms with Crippen LogP contribution in [0.3, 0.4) is 0 Å². The largest absolute Gasteiger partial charge is 0.384 e. The average Bonchev–Trinajstić information content (AvgIpc) is 2.18. The summed E-state index contributed by atoms with van der Waals surface area (Å²) in [6.45, 7) is 0.615. The molecule has 0 radical (unpaired) electrons. The molecule has 4 nitrogen and oxygen atoms in total. The van der Waals surface area contributed by atoms with E-state index in [1.807, 2.05) is 0 Å². The van der Waals surface area contributed by atoms with Crippen LogP contribution in [0.4, 0.5) is 5.82 Å². The van der Waals surface area contributed by atoms with E-state index in [9.17, 15) is 0 Å². The lowest BCUT2D eigenvalue weighted by Crippen LogP contribution is -2.03. The van der Waals surface area contributed by atoms with Crippen LogP contribution in [0, 0.1) is 0 Å². The van der Waals surface area contributed by atoms with Crippen molar-refractivity contribution in [3.63, 3.8) is 0 Å². The first kappa shape index (κ1) is 6.10. The van der Waals surface area contributed by atoms with Gasteiger partial charge in [-0.25, -0.2) is 0 Å². The van der Waals surface area contributed by atoms with Crippen molar-refractivity contribution in [2.24, 2.45) is 5.73 Å². The van der Waals surface area contributed by atoms with Gasteiger partial charge in [0.2, 0.25) is 0 Å². The molecule has 1 aromatic heterocycles. The van der Waals surface area contributed by atoms with Gasteiger partial charge in [-0.1, -0.05) is 0 Å². The Bertz CT molecular complexity index is 181. The number of nitrogen functional groups attached to an aromatic ring is 1. The number of aromatic amines is 1. The third-order valence-electron chi connectivity index (χ3n) is 1.17. The molecule has 1 aromatic rings. The van der Waals surface area contributed by atoms with Gasteiger partial charge in [0.1, 0.15) is 5.82 Å². The maximum absolute atomic E-state index is 5.45. The van der Waals surface area contributed by atoms with Gasteiger partial charge in [-0.05, 0) is 13.0 Å². The fourth-order valence-corrected chi connectivity index (χ4v) is 0.676. The van der Waals surface area contributed by atoms with Crippen molar-refractivity contribution in [1.82, 2.24) is 10.2 Å². The van der Waals surface area contributed by atoms with Crippen LogP contribution in [0.1, 0.15) is 5.56 Å². The minimum absolute atomic E-state index is 0.615. The molecule has 5 N–H and O–H groups in total. The molecule has 0 unspecified atom stereocenters. The fourth-order valence-electron chi connectivity index (χ4n) is 0.676. The summed E-state index contributed by atoms with van der Waals surface area (Å²) in [5.41, 5.74) is 11.7. The van der Waals surface area contributed by atoms with Crippen LogP contribution in [-0.2, 0) is 6.42 Å². The molecule has 50 valence electrons. The molecular formula is C5H10N4. The van der Waals surface area contributed by atoms with E-state index in [1.54, 1.807) is 6.20 Å². The Hall–Kier alpha value is -1.03. The average molecular weight is 126 g/mol. The molecule has 9 heavy (non-hydrogen) atoms. The minimum Gasteiger partial charge on any atom is -0.384 e. The first-order chi connectivity index (χ1) is 4.34. The predicted octanol–water partition coefficient (Wildman–Crippen LogP) is -0.507. The van der Waals surface area contributed by atoms with Gasteiger partial charge in [0, 0.05) is 5.56 Å². The summed E-state index contributed by atoms with van der Waals surface area (Å²) in [5, 5.41) is 6.36. The smallest absolute Gasteiger partial charge is 0.122 e. The predicted molar refractivity (Wildman–Crippen MR) is 35.8 cm³/mol. The standard InChI is InChI=1S/C5H10N4/c6-2-1-4-3-8-9-5(4)7/h3H,1-2,6H2,(H3,7,8,9). The molecule has 0 spiro atoms. The van der Waals surface area contributed by atoms with E-state index < -0.39 is 0 Å². The third kappa shape index (κ3) is 1.20. The molecule has 4 heteroatoms. The van der Waals surface area contributed by atoms with Gasteiger partial charge < -0.3 is 11.5 Å². The Morgan fingerprint density at radius 2 is 2.44 bits per heavy atom. The highest BCUT2D eigenvalue weighted by Gasteiger charge is 1.96. The van der Waals surface area contributed by atoms with Gasteiger partial charge in [-0.3, -0.25) is 5.10 Å². The monoisotopic (exact) mass is 126 g/mol. The Balaban J connectivity index is 2.69. The lowest BCUT2D eigenvalue weighted by atomic mass is 10.2. The Kier molecular flexibility index (Phi) is 1.69. The first-order valence-electron chi connectivity index (χ1n) is 2.82. The summed E-state index contributed by atoms with van der Waals surface area (Å²) >= 11 is 0. The number of nitrogens with one attached hydrogen (secondary N) is 1. The second-order valence-corrected chi connectivity index (χ2v) is 1.85. The highest BCUT2D eigenvalue weighted by molar-refractivity contribution is 5.36. The lowest BCUT2D eigenvalue weighted by molar-refractivity contribution is 0.972. The quantitative estimate of drug-likeness (QED) is 0.499. The van der Waals surface area contributed by atoms with Gasteiger partial charge in [-0.2, -0.15) is 5.10 Å². The molecule has 1 rings (SSSR count). The normalized spacial score (nSPS) is 9.89. The van der Waals surface area contributed by atoms with Crippen LogP contribution >= 0.6 is 0 Å². The SMILES string of the molecule is NCCc1cn[nH]c1N. The minimum atomic E-state index is 0.615. The van der Waals surface area contributed by atoms with Crippen molar-refractivity contribution < 1.29 is 0 Å². The van der Waals surface area contributed by atoms with E-state index in [1.165, 1.54) is 0 Å². The van der Waals surface area contributed by atoms with Crippen LogP contribution < -0.4 is 11.5 Å². The summed E-state index contributed by atoms with van der Waals surface area (Å²) in [4.78, 5) is 0. The van der Waals surface area contributed by atoms with Gasteiger partial charge in [0.25, 0.3) is 0 Å². The van der Waals surface area contributed by atoms with Crippen molar-refractivity contribution in [2.45, 2.75) is 6.42 Å². The van der Waals surface area contributed by atoms with Gasteiger partial charge >= 0.3 is 0 Å². The molecule has 0 aromatic carbocycles. The molecule has 0 saturated carbocycles. The molecule has 0 fully saturated rings. The highest BCUT2D eigenvalue weighted by Crippen LogP contribution is 2.04. The van der Waals surface area contributed by atoms with E-state index in [0.717, 1.165) is 12.0 Å². The number of rotatable bonds is 2. The number of aromatic nitrogens is 2. The van der Waals surface area contributed by atoms with Crippen LogP contribution in [0.15, 0.2) is 6.20 Å². The van der Waals surface area contributed by atoms with E-state index in [2.05, 4.69) is 10.2 Å². The highest BCUT2D eigenvalue weighted by atomic mass is 15.1. The number of nitrogens with two attached hydrogens (primary N) is 2. The molecule has 0 atom stereocenters. The lowest BCUT2D eigenvalue weighted by Gasteiger charge is -1.91. The molecule has 0 saturated heterocycles. The number of anilines is 1. The first-order valence-corrected chi connectivity index (χ1v) is 2.82. The molecule has 0 aliphatic rings. The van der Waals surface area contributed by atoms with Crippen molar-refractivity contribution in [3.8, 4) is 0 Å². The van der Waals surface area contributed by atoms with E-state index >= 15 is 0 Å². The molecule has 0 amide bonds. The van der Waals surface area contributed by atoms with Crippen molar-refractivity contribution in [2.75, 3.05) is 12.3 Å². The van der Waals surface area contributed by atoms with Crippen LogP contribution in [0.5, 0.6) is 0 Å². The fraction of sp³-hybridized carbons (Fsp3) is 0.400. The van der Waals surface area contributed by atoms with Crippen LogP contribution in [0.2, 0.25) is 0 Å². The van der Waals surface area contributed by atoms with Crippen molar-refractivity contribution in [3.05, 3.63) is 11.8 Å². The molecular weight excluding hydrogens is 116 g/mol. The Morgan fingerprint density at radius 1 is 1.67 bits per heavy atom. The second-order valence-electron chi connectivity index (χ2n) is 1.85. The molecule has 1 heterocycles. The summed E-state index contributed by atoms with van der Waals surface area (Å²) in [6.07, 6.45) is 2.49. The van der Waals surface area contributed by atoms with Crippen LogP contribution in [0.25, 0.3) is 0 Å². The number of nitrogens with zero attached hydrogens (tertiary/aromatic N) is 1. The summed E-state index contributed by atoms with van der Waals surface area (Å²) in [5.74, 6) is 0.625. The summed E-state index contributed by atoms with van der Waals surface area (Å²) in [7, 11) is 0. The summed E-state index contributed by atoms with van der Waals surface area (Å²) in [6, 6.07) is 0. The second kappa shape index (κ2) is 2.50. The number of H-pyrrole nitrogens is 1. The molecule has 0 aliphatic carbocycles. The maximum atomic E-state index is 5.45. The maximum Gasteiger partial charge on any atom is 0.122 e. The Morgan fingerprint density at radius 3 is 2.89 bits per heavy atom. The van der Waals surface area contributed by atoms with Crippen molar-refractivity contribution >= 4 is 5.82 Å². The molecule has 0 aliphatic heterocycles. The zero-order chi connectivity index (χ0) is 6.69. The number of hydrogen-bond acceptors (Lipinski definition) is 3. The van der Waals surface area contributed by atoms with Crippen LogP contribution in [-0.4, -0.2) is 16.7 Å². The van der Waals surface area contributed by atoms with E-state index in [0.29, 0.717) is 12.4 Å². The van der Waals surface area contributed by atoms with E-state index in [4.69, 9.17) is 11.5 Å². The number of hydrogen-bond donors (Lipinski definition) is 3.